The highest BCUT2D eigenvalue weighted by atomic mass is 19.3. The van der Waals surface area contributed by atoms with E-state index in [0.717, 1.165) is 5.56 Å². The van der Waals surface area contributed by atoms with Crippen molar-refractivity contribution in [2.24, 2.45) is 5.92 Å². The number of carboxylic acid groups (broad SMARTS) is 1. The highest BCUT2D eigenvalue weighted by Crippen LogP contribution is 2.38. The predicted octanol–water partition coefficient (Wildman–Crippen LogP) is 3.19. The number of amides is 1. The van der Waals surface area contributed by atoms with Crippen LogP contribution in [-0.4, -0.2) is 29.1 Å². The molecule has 23 heavy (non-hydrogen) atoms. The van der Waals surface area contributed by atoms with E-state index in [4.69, 9.17) is 4.74 Å². The van der Waals surface area contributed by atoms with Crippen molar-refractivity contribution in [2.45, 2.75) is 44.3 Å². The zero-order valence-corrected chi connectivity index (χ0v) is 12.5. The number of hydrogen-bond acceptors (Lipinski definition) is 3. The number of halogens is 2. The number of aliphatic carboxylic acids is 1. The van der Waals surface area contributed by atoms with Crippen LogP contribution in [0.2, 0.25) is 0 Å². The standard InChI is InChI=1S/C16H19F2NO4/c17-16(18)8-4-7-12(9-16)13(14(20)21)19-15(22)23-10-11-5-2-1-3-6-11/h1-3,5-6,12-13H,4,7-10H2,(H,19,22)(H,20,21). The van der Waals surface area contributed by atoms with Crippen molar-refractivity contribution in [3.8, 4) is 0 Å². The largest absolute Gasteiger partial charge is 0.480 e. The van der Waals surface area contributed by atoms with Gasteiger partial charge in [0, 0.05) is 12.8 Å². The first-order valence-corrected chi connectivity index (χ1v) is 7.45. The Balaban J connectivity index is 1.91. The summed E-state index contributed by atoms with van der Waals surface area (Å²) in [4.78, 5) is 23.1. The van der Waals surface area contributed by atoms with Crippen LogP contribution in [0.1, 0.15) is 31.2 Å². The summed E-state index contributed by atoms with van der Waals surface area (Å²) in [5.74, 6) is -5.02. The van der Waals surface area contributed by atoms with Gasteiger partial charge in [-0.1, -0.05) is 30.3 Å². The fourth-order valence-electron chi connectivity index (χ4n) is 2.77. The van der Waals surface area contributed by atoms with Gasteiger partial charge in [0.1, 0.15) is 12.6 Å². The molecule has 2 N–H and O–H groups in total. The summed E-state index contributed by atoms with van der Waals surface area (Å²) in [5, 5.41) is 11.4. The topological polar surface area (TPSA) is 75.6 Å². The van der Waals surface area contributed by atoms with Crippen LogP contribution < -0.4 is 5.32 Å². The first-order valence-electron chi connectivity index (χ1n) is 7.45. The Morgan fingerprint density at radius 2 is 2.04 bits per heavy atom. The lowest BCUT2D eigenvalue weighted by Crippen LogP contribution is -2.48. The van der Waals surface area contributed by atoms with Crippen molar-refractivity contribution in [1.29, 1.82) is 0 Å². The number of hydrogen-bond donors (Lipinski definition) is 2. The Bertz CT molecular complexity index is 550. The molecule has 1 fully saturated rings. The molecule has 7 heteroatoms. The molecule has 1 aromatic carbocycles. The molecule has 0 radical (unpaired) electrons. The SMILES string of the molecule is O=C(NC(C(=O)O)C1CCCC(F)(F)C1)OCc1ccccc1. The summed E-state index contributed by atoms with van der Waals surface area (Å²) in [6.45, 7) is -0.0140. The second kappa shape index (κ2) is 7.39. The van der Waals surface area contributed by atoms with Crippen molar-refractivity contribution in [2.75, 3.05) is 0 Å². The summed E-state index contributed by atoms with van der Waals surface area (Å²) in [5.41, 5.74) is 0.749. The van der Waals surface area contributed by atoms with Crippen LogP contribution in [0.25, 0.3) is 0 Å². The van der Waals surface area contributed by atoms with Gasteiger partial charge in [-0.05, 0) is 24.3 Å². The van der Waals surface area contributed by atoms with E-state index in [1.165, 1.54) is 0 Å². The molecule has 0 bridgehead atoms. The van der Waals surface area contributed by atoms with Gasteiger partial charge < -0.3 is 15.2 Å². The molecule has 0 spiro atoms. The highest BCUT2D eigenvalue weighted by Gasteiger charge is 2.42. The summed E-state index contributed by atoms with van der Waals surface area (Å²) in [7, 11) is 0. The minimum absolute atomic E-state index is 0.0140. The Hall–Kier alpha value is -2.18. The summed E-state index contributed by atoms with van der Waals surface area (Å²) < 4.78 is 31.8. The van der Waals surface area contributed by atoms with E-state index >= 15 is 0 Å². The van der Waals surface area contributed by atoms with Crippen LogP contribution in [0.3, 0.4) is 0 Å². The lowest BCUT2D eigenvalue weighted by atomic mass is 9.82. The molecule has 1 amide bonds. The average Bonchev–Trinajstić information content (AvgIpc) is 2.50. The van der Waals surface area contributed by atoms with Crippen molar-refractivity contribution in [1.82, 2.24) is 5.32 Å². The molecule has 5 nitrogen and oxygen atoms in total. The van der Waals surface area contributed by atoms with Crippen molar-refractivity contribution < 1.29 is 28.2 Å². The lowest BCUT2D eigenvalue weighted by Gasteiger charge is -2.32. The Kier molecular flexibility index (Phi) is 5.52. The van der Waals surface area contributed by atoms with Crippen LogP contribution in [0, 0.1) is 5.92 Å². The third-order valence-corrected chi connectivity index (χ3v) is 3.90. The molecule has 0 aliphatic heterocycles. The number of alkyl halides is 2. The first kappa shape index (κ1) is 17.2. The second-order valence-corrected chi connectivity index (χ2v) is 5.73. The smallest absolute Gasteiger partial charge is 0.408 e. The Morgan fingerprint density at radius 3 is 2.65 bits per heavy atom. The minimum atomic E-state index is -2.88. The molecule has 2 atom stereocenters. The van der Waals surface area contributed by atoms with Crippen LogP contribution >= 0.6 is 0 Å². The molecule has 1 aromatic rings. The molecule has 1 aliphatic carbocycles. The maximum atomic E-state index is 13.4. The van der Waals surface area contributed by atoms with Gasteiger partial charge in [-0.25, -0.2) is 18.4 Å². The van der Waals surface area contributed by atoms with Gasteiger partial charge in [-0.15, -0.1) is 0 Å². The van der Waals surface area contributed by atoms with Gasteiger partial charge in [-0.3, -0.25) is 0 Å². The number of alkyl carbamates (subject to hydrolysis) is 1. The van der Waals surface area contributed by atoms with Crippen LogP contribution in [-0.2, 0) is 16.1 Å². The molecular weight excluding hydrogens is 308 g/mol. The molecule has 1 aliphatic rings. The molecule has 2 rings (SSSR count). The zero-order valence-electron chi connectivity index (χ0n) is 12.5. The predicted molar refractivity (Wildman–Crippen MR) is 78.1 cm³/mol. The van der Waals surface area contributed by atoms with Crippen LogP contribution in [0.5, 0.6) is 0 Å². The van der Waals surface area contributed by atoms with Gasteiger partial charge >= 0.3 is 12.1 Å². The molecule has 0 aromatic heterocycles. The third-order valence-electron chi connectivity index (χ3n) is 3.90. The van der Waals surface area contributed by atoms with E-state index in [1.807, 2.05) is 6.07 Å². The molecule has 126 valence electrons. The Morgan fingerprint density at radius 1 is 1.35 bits per heavy atom. The quantitative estimate of drug-likeness (QED) is 0.871. The summed E-state index contributed by atoms with van der Waals surface area (Å²) >= 11 is 0. The number of rotatable bonds is 5. The number of carbonyl (C=O) groups excluding carboxylic acids is 1. The minimum Gasteiger partial charge on any atom is -0.480 e. The van der Waals surface area contributed by atoms with Crippen molar-refractivity contribution in [3.05, 3.63) is 35.9 Å². The number of carbonyl (C=O) groups is 2. The lowest BCUT2D eigenvalue weighted by molar-refractivity contribution is -0.143. The third kappa shape index (κ3) is 5.19. The van der Waals surface area contributed by atoms with E-state index in [-0.39, 0.29) is 19.4 Å². The summed E-state index contributed by atoms with van der Waals surface area (Å²) in [6.07, 6.45) is -1.12. The summed E-state index contributed by atoms with van der Waals surface area (Å²) in [6, 6.07) is 7.51. The van der Waals surface area contributed by atoms with Gasteiger partial charge in [0.25, 0.3) is 0 Å². The van der Waals surface area contributed by atoms with E-state index in [2.05, 4.69) is 5.32 Å². The maximum Gasteiger partial charge on any atom is 0.408 e. The van der Waals surface area contributed by atoms with Crippen LogP contribution in [0.4, 0.5) is 13.6 Å². The van der Waals surface area contributed by atoms with E-state index in [0.29, 0.717) is 6.42 Å². The Labute approximate surface area is 132 Å². The van der Waals surface area contributed by atoms with Gasteiger partial charge in [-0.2, -0.15) is 0 Å². The number of ether oxygens (including phenoxy) is 1. The number of nitrogens with one attached hydrogen (secondary N) is 1. The first-order chi connectivity index (χ1) is 10.9. The van der Waals surface area contributed by atoms with Gasteiger partial charge in [0.2, 0.25) is 5.92 Å². The normalized spacial score (nSPS) is 21.2. The van der Waals surface area contributed by atoms with Gasteiger partial charge in [0.15, 0.2) is 0 Å². The van der Waals surface area contributed by atoms with E-state index in [9.17, 15) is 23.5 Å². The number of carboxylic acids is 1. The van der Waals surface area contributed by atoms with E-state index < -0.39 is 36.4 Å². The fraction of sp³-hybridized carbons (Fsp3) is 0.500. The monoisotopic (exact) mass is 327 g/mol. The van der Waals surface area contributed by atoms with Crippen LogP contribution in [0.15, 0.2) is 30.3 Å². The second-order valence-electron chi connectivity index (χ2n) is 5.73. The van der Waals surface area contributed by atoms with Gasteiger partial charge in [0.05, 0.1) is 0 Å². The highest BCUT2D eigenvalue weighted by molar-refractivity contribution is 5.80. The average molecular weight is 327 g/mol. The van der Waals surface area contributed by atoms with E-state index in [1.54, 1.807) is 24.3 Å². The molecule has 0 heterocycles. The molecular formula is C16H19F2NO4. The molecule has 0 saturated heterocycles. The molecule has 1 saturated carbocycles. The fourth-order valence-corrected chi connectivity index (χ4v) is 2.77. The number of benzene rings is 1. The molecule has 2 unspecified atom stereocenters. The maximum absolute atomic E-state index is 13.4. The van der Waals surface area contributed by atoms with Crippen molar-refractivity contribution in [3.63, 3.8) is 0 Å². The zero-order chi connectivity index (χ0) is 16.9. The van der Waals surface area contributed by atoms with Crippen molar-refractivity contribution >= 4 is 12.1 Å².